The highest BCUT2D eigenvalue weighted by molar-refractivity contribution is 5.81. The van der Waals surface area contributed by atoms with Gasteiger partial charge in [-0.1, -0.05) is 43.3 Å². The van der Waals surface area contributed by atoms with Crippen molar-refractivity contribution in [1.29, 1.82) is 0 Å². The summed E-state index contributed by atoms with van der Waals surface area (Å²) >= 11 is 0. The van der Waals surface area contributed by atoms with Gasteiger partial charge in [0, 0.05) is 12.7 Å². The molecule has 0 bridgehead atoms. The van der Waals surface area contributed by atoms with Crippen molar-refractivity contribution in [3.8, 4) is 0 Å². The molecule has 0 fully saturated rings. The number of benzene rings is 1. The van der Waals surface area contributed by atoms with Gasteiger partial charge in [0.05, 0.1) is 13.2 Å². The third-order valence-corrected chi connectivity index (χ3v) is 2.59. The topological polar surface area (TPSA) is 35.5 Å². The summed E-state index contributed by atoms with van der Waals surface area (Å²) in [6.45, 7) is 5.63. The van der Waals surface area contributed by atoms with E-state index in [0.29, 0.717) is 25.7 Å². The van der Waals surface area contributed by atoms with Crippen molar-refractivity contribution in [2.75, 3.05) is 13.2 Å². The highest BCUT2D eigenvalue weighted by atomic mass is 16.5. The third-order valence-electron chi connectivity index (χ3n) is 2.59. The minimum absolute atomic E-state index is 0.278. The molecule has 0 aliphatic rings. The highest BCUT2D eigenvalue weighted by Crippen LogP contribution is 2.07. The summed E-state index contributed by atoms with van der Waals surface area (Å²) in [5, 5.41) is 0. The molecule has 3 nitrogen and oxygen atoms in total. The number of ether oxygens (including phenoxy) is 2. The van der Waals surface area contributed by atoms with Crippen LogP contribution >= 0.6 is 0 Å². The second-order valence-corrected chi connectivity index (χ2v) is 4.50. The Morgan fingerprint density at radius 1 is 1.32 bits per heavy atom. The zero-order valence-corrected chi connectivity index (χ0v) is 11.7. The van der Waals surface area contributed by atoms with E-state index in [9.17, 15) is 4.79 Å². The maximum absolute atomic E-state index is 11.1. The van der Waals surface area contributed by atoms with Crippen molar-refractivity contribution in [1.82, 2.24) is 0 Å². The van der Waals surface area contributed by atoms with Crippen LogP contribution in [0, 0.1) is 5.92 Å². The van der Waals surface area contributed by atoms with Crippen LogP contribution in [0.3, 0.4) is 0 Å². The summed E-state index contributed by atoms with van der Waals surface area (Å²) in [5.41, 5.74) is 1.18. The Bertz CT molecular complexity index is 384. The Morgan fingerprint density at radius 3 is 2.74 bits per heavy atom. The number of allylic oxidation sites excluding steroid dienone is 1. The van der Waals surface area contributed by atoms with Crippen LogP contribution in [0.4, 0.5) is 0 Å². The molecule has 0 aromatic heterocycles. The molecule has 0 unspecified atom stereocenters. The number of esters is 1. The number of rotatable bonds is 8. The Balaban J connectivity index is 2.14. The molecular weight excluding hydrogens is 240 g/mol. The Kier molecular flexibility index (Phi) is 7.59. The van der Waals surface area contributed by atoms with E-state index in [1.54, 1.807) is 6.92 Å². The van der Waals surface area contributed by atoms with E-state index in [0.717, 1.165) is 6.42 Å². The van der Waals surface area contributed by atoms with E-state index in [4.69, 9.17) is 9.47 Å². The van der Waals surface area contributed by atoms with Gasteiger partial charge in [-0.05, 0) is 24.8 Å². The average Bonchev–Trinajstić information content (AvgIpc) is 2.40. The van der Waals surface area contributed by atoms with Crippen LogP contribution in [0.15, 0.2) is 42.5 Å². The summed E-state index contributed by atoms with van der Waals surface area (Å²) in [7, 11) is 0. The summed E-state index contributed by atoms with van der Waals surface area (Å²) in [6, 6.07) is 10.1. The second-order valence-electron chi connectivity index (χ2n) is 4.50. The van der Waals surface area contributed by atoms with Crippen molar-refractivity contribution in [3.63, 3.8) is 0 Å². The van der Waals surface area contributed by atoms with Crippen LogP contribution in [0.2, 0.25) is 0 Å². The average molecular weight is 262 g/mol. The summed E-state index contributed by atoms with van der Waals surface area (Å²) in [4.78, 5) is 11.1. The van der Waals surface area contributed by atoms with Gasteiger partial charge in [-0.2, -0.15) is 0 Å². The molecule has 0 aliphatic heterocycles. The van der Waals surface area contributed by atoms with Crippen LogP contribution in [-0.4, -0.2) is 19.2 Å². The van der Waals surface area contributed by atoms with Crippen molar-refractivity contribution in [2.45, 2.75) is 26.9 Å². The fraction of sp³-hybridized carbons (Fsp3) is 0.438. The molecule has 3 heteroatoms. The maximum Gasteiger partial charge on any atom is 0.330 e. The minimum atomic E-state index is -0.278. The summed E-state index contributed by atoms with van der Waals surface area (Å²) in [5.74, 6) is 0.106. The number of carbonyl (C=O) groups excluding carboxylic acids is 1. The molecule has 1 atom stereocenters. The first-order valence-corrected chi connectivity index (χ1v) is 6.67. The monoisotopic (exact) mass is 262 g/mol. The van der Waals surface area contributed by atoms with Gasteiger partial charge in [-0.15, -0.1) is 0 Å². The molecule has 0 N–H and O–H groups in total. The zero-order valence-electron chi connectivity index (χ0n) is 11.7. The first-order chi connectivity index (χ1) is 9.22. The molecule has 1 rings (SSSR count). The summed E-state index contributed by atoms with van der Waals surface area (Å²) < 4.78 is 10.4. The van der Waals surface area contributed by atoms with Crippen LogP contribution in [-0.2, 0) is 20.9 Å². The Hall–Kier alpha value is -1.61. The first-order valence-electron chi connectivity index (χ1n) is 6.67. The van der Waals surface area contributed by atoms with Crippen molar-refractivity contribution >= 4 is 5.97 Å². The van der Waals surface area contributed by atoms with Crippen molar-refractivity contribution in [2.24, 2.45) is 5.92 Å². The standard InChI is InChI=1S/C16H22O3/c1-3-19-16(17)11-7-8-14(2)12-18-13-15-9-5-4-6-10-15/h4-7,9-11,14H,3,8,12-13H2,1-2H3/b11-7+/t14-/m0/s1. The van der Waals surface area contributed by atoms with E-state index >= 15 is 0 Å². The van der Waals surface area contributed by atoms with E-state index in [2.05, 4.69) is 6.92 Å². The molecule has 0 saturated heterocycles. The molecule has 0 amide bonds. The molecular formula is C16H22O3. The SMILES string of the molecule is CCOC(=O)/C=C/C[C@H](C)COCc1ccccc1. The second kappa shape index (κ2) is 9.34. The molecule has 0 aliphatic carbocycles. The van der Waals surface area contributed by atoms with Gasteiger partial charge >= 0.3 is 5.97 Å². The molecule has 1 aromatic carbocycles. The normalized spacial score (nSPS) is 12.5. The first kappa shape index (κ1) is 15.4. The predicted octanol–water partition coefficient (Wildman–Crippen LogP) is 3.35. The van der Waals surface area contributed by atoms with Crippen molar-refractivity contribution in [3.05, 3.63) is 48.0 Å². The number of hydrogen-bond acceptors (Lipinski definition) is 3. The number of carbonyl (C=O) groups is 1. The zero-order chi connectivity index (χ0) is 13.9. The van der Waals surface area contributed by atoms with Gasteiger partial charge in [-0.3, -0.25) is 0 Å². The molecule has 0 saturated carbocycles. The number of hydrogen-bond donors (Lipinski definition) is 0. The van der Waals surface area contributed by atoms with Crippen LogP contribution in [0.1, 0.15) is 25.8 Å². The lowest BCUT2D eigenvalue weighted by atomic mass is 10.1. The molecule has 104 valence electrons. The molecule has 19 heavy (non-hydrogen) atoms. The third kappa shape index (κ3) is 7.42. The van der Waals surface area contributed by atoms with E-state index in [1.165, 1.54) is 11.6 Å². The fourth-order valence-corrected chi connectivity index (χ4v) is 1.61. The molecule has 0 heterocycles. The molecule has 0 radical (unpaired) electrons. The molecule has 0 spiro atoms. The minimum Gasteiger partial charge on any atom is -0.463 e. The van der Waals surface area contributed by atoms with Crippen LogP contribution < -0.4 is 0 Å². The van der Waals surface area contributed by atoms with E-state index in [-0.39, 0.29) is 5.97 Å². The Labute approximate surface area is 115 Å². The van der Waals surface area contributed by atoms with E-state index < -0.39 is 0 Å². The van der Waals surface area contributed by atoms with Crippen molar-refractivity contribution < 1.29 is 14.3 Å². The van der Waals surface area contributed by atoms with Gasteiger partial charge in [0.1, 0.15) is 0 Å². The van der Waals surface area contributed by atoms with Crippen LogP contribution in [0.25, 0.3) is 0 Å². The van der Waals surface area contributed by atoms with E-state index in [1.807, 2.05) is 36.4 Å². The lowest BCUT2D eigenvalue weighted by Gasteiger charge is -2.09. The Morgan fingerprint density at radius 2 is 2.05 bits per heavy atom. The smallest absolute Gasteiger partial charge is 0.330 e. The quantitative estimate of drug-likeness (QED) is 0.532. The van der Waals surface area contributed by atoms with Gasteiger partial charge in [0.2, 0.25) is 0 Å². The van der Waals surface area contributed by atoms with Crippen LogP contribution in [0.5, 0.6) is 0 Å². The van der Waals surface area contributed by atoms with Gasteiger partial charge in [-0.25, -0.2) is 4.79 Å². The fourth-order valence-electron chi connectivity index (χ4n) is 1.61. The highest BCUT2D eigenvalue weighted by Gasteiger charge is 2.01. The summed E-state index contributed by atoms with van der Waals surface area (Å²) in [6.07, 6.45) is 4.14. The maximum atomic E-state index is 11.1. The largest absolute Gasteiger partial charge is 0.463 e. The lowest BCUT2D eigenvalue weighted by molar-refractivity contribution is -0.137. The van der Waals surface area contributed by atoms with Gasteiger partial charge in [0.15, 0.2) is 0 Å². The predicted molar refractivity (Wildman–Crippen MR) is 75.7 cm³/mol. The van der Waals surface area contributed by atoms with Gasteiger partial charge < -0.3 is 9.47 Å². The van der Waals surface area contributed by atoms with Gasteiger partial charge in [0.25, 0.3) is 0 Å². The lowest BCUT2D eigenvalue weighted by Crippen LogP contribution is -2.05. The molecule has 1 aromatic rings.